The molecule has 0 saturated carbocycles. The van der Waals surface area contributed by atoms with Gasteiger partial charge in [-0.3, -0.25) is 4.79 Å². The summed E-state index contributed by atoms with van der Waals surface area (Å²) in [7, 11) is 3.15. The summed E-state index contributed by atoms with van der Waals surface area (Å²) in [6.07, 6.45) is 1.08. The van der Waals surface area contributed by atoms with Gasteiger partial charge in [-0.15, -0.1) is 0 Å². The Labute approximate surface area is 148 Å². The van der Waals surface area contributed by atoms with Gasteiger partial charge in [0.1, 0.15) is 11.5 Å². The van der Waals surface area contributed by atoms with Gasteiger partial charge in [-0.05, 0) is 36.6 Å². The van der Waals surface area contributed by atoms with Crippen molar-refractivity contribution in [2.75, 3.05) is 38.8 Å². The van der Waals surface area contributed by atoms with Gasteiger partial charge in [-0.2, -0.15) is 0 Å². The Kier molecular flexibility index (Phi) is 5.43. The minimum Gasteiger partial charge on any atom is -0.497 e. The van der Waals surface area contributed by atoms with Crippen molar-refractivity contribution in [1.82, 2.24) is 5.32 Å². The highest BCUT2D eigenvalue weighted by Gasteiger charge is 2.23. The number of carbonyl (C=O) groups excluding carboxylic acids is 1. The fourth-order valence-corrected chi connectivity index (χ4v) is 3.19. The molecule has 5 heteroatoms. The van der Waals surface area contributed by atoms with Gasteiger partial charge in [0.2, 0.25) is 0 Å². The molecule has 0 spiro atoms. The minimum atomic E-state index is -0.113. The average molecular weight is 340 g/mol. The van der Waals surface area contributed by atoms with Crippen LogP contribution in [0.15, 0.2) is 48.5 Å². The first-order chi connectivity index (χ1) is 12.2. The molecule has 0 bridgehead atoms. The molecule has 0 radical (unpaired) electrons. The third kappa shape index (κ3) is 4.05. The SMILES string of the molecule is COc1ccc(C(=O)NC[C@@H]2CCN(c3ccccc3)C2)c(OC)c1. The number of hydrogen-bond acceptors (Lipinski definition) is 4. The van der Waals surface area contributed by atoms with Crippen LogP contribution < -0.4 is 19.7 Å². The van der Waals surface area contributed by atoms with Crippen LogP contribution in [0.25, 0.3) is 0 Å². The van der Waals surface area contributed by atoms with Gasteiger partial charge in [0, 0.05) is 31.4 Å². The lowest BCUT2D eigenvalue weighted by Gasteiger charge is -2.19. The Bertz CT molecular complexity index is 718. The fourth-order valence-electron chi connectivity index (χ4n) is 3.19. The number of rotatable bonds is 6. The second-order valence-corrected chi connectivity index (χ2v) is 6.21. The van der Waals surface area contributed by atoms with Crippen LogP contribution in [0, 0.1) is 5.92 Å². The number of hydrogen-bond donors (Lipinski definition) is 1. The lowest BCUT2D eigenvalue weighted by molar-refractivity contribution is 0.0945. The maximum atomic E-state index is 12.5. The Morgan fingerprint density at radius 3 is 2.68 bits per heavy atom. The molecule has 1 amide bonds. The van der Waals surface area contributed by atoms with Gasteiger partial charge in [0.25, 0.3) is 5.91 Å². The summed E-state index contributed by atoms with van der Waals surface area (Å²) in [5.74, 6) is 1.53. The van der Waals surface area contributed by atoms with Crippen LogP contribution in [-0.2, 0) is 0 Å². The first kappa shape index (κ1) is 17.1. The summed E-state index contributed by atoms with van der Waals surface area (Å²) >= 11 is 0. The lowest BCUT2D eigenvalue weighted by atomic mass is 10.1. The molecule has 0 aromatic heterocycles. The average Bonchev–Trinajstić information content (AvgIpc) is 3.15. The van der Waals surface area contributed by atoms with E-state index in [2.05, 4.69) is 34.5 Å². The maximum absolute atomic E-state index is 12.5. The van der Waals surface area contributed by atoms with Gasteiger partial charge < -0.3 is 19.7 Å². The van der Waals surface area contributed by atoms with Crippen molar-refractivity contribution in [3.05, 3.63) is 54.1 Å². The van der Waals surface area contributed by atoms with E-state index >= 15 is 0 Å². The van der Waals surface area contributed by atoms with Gasteiger partial charge in [0.15, 0.2) is 0 Å². The van der Waals surface area contributed by atoms with Crippen LogP contribution in [0.1, 0.15) is 16.8 Å². The molecule has 3 rings (SSSR count). The smallest absolute Gasteiger partial charge is 0.255 e. The third-order valence-electron chi connectivity index (χ3n) is 4.61. The predicted molar refractivity (Wildman–Crippen MR) is 98.6 cm³/mol. The number of carbonyl (C=O) groups is 1. The molecule has 0 unspecified atom stereocenters. The highest BCUT2D eigenvalue weighted by molar-refractivity contribution is 5.97. The monoisotopic (exact) mass is 340 g/mol. The first-order valence-electron chi connectivity index (χ1n) is 8.51. The summed E-state index contributed by atoms with van der Waals surface area (Å²) in [5, 5.41) is 3.04. The van der Waals surface area contributed by atoms with Gasteiger partial charge in [-0.25, -0.2) is 0 Å². The topological polar surface area (TPSA) is 50.8 Å². The summed E-state index contributed by atoms with van der Waals surface area (Å²) in [5.41, 5.74) is 1.77. The number of anilines is 1. The van der Waals surface area contributed by atoms with E-state index < -0.39 is 0 Å². The highest BCUT2D eigenvalue weighted by atomic mass is 16.5. The van der Waals surface area contributed by atoms with Crippen molar-refractivity contribution in [2.45, 2.75) is 6.42 Å². The maximum Gasteiger partial charge on any atom is 0.255 e. The Morgan fingerprint density at radius 2 is 1.96 bits per heavy atom. The molecule has 1 aliphatic heterocycles. The molecule has 1 saturated heterocycles. The molecule has 1 N–H and O–H groups in total. The molecule has 0 aliphatic carbocycles. The molecular formula is C20H24N2O3. The summed E-state index contributed by atoms with van der Waals surface area (Å²) < 4.78 is 10.5. The number of ether oxygens (including phenoxy) is 2. The Hall–Kier alpha value is -2.69. The second-order valence-electron chi connectivity index (χ2n) is 6.21. The van der Waals surface area contributed by atoms with Crippen molar-refractivity contribution in [1.29, 1.82) is 0 Å². The molecule has 1 atom stereocenters. The highest BCUT2D eigenvalue weighted by Crippen LogP contribution is 2.25. The van der Waals surface area contributed by atoms with Crippen LogP contribution in [0.5, 0.6) is 11.5 Å². The quantitative estimate of drug-likeness (QED) is 0.878. The van der Waals surface area contributed by atoms with Crippen LogP contribution >= 0.6 is 0 Å². The number of nitrogens with zero attached hydrogens (tertiary/aromatic N) is 1. The fraction of sp³-hybridized carbons (Fsp3) is 0.350. The number of amides is 1. The molecule has 2 aromatic rings. The number of benzene rings is 2. The minimum absolute atomic E-state index is 0.113. The third-order valence-corrected chi connectivity index (χ3v) is 4.61. The van der Waals surface area contributed by atoms with Crippen LogP contribution in [0.4, 0.5) is 5.69 Å². The largest absolute Gasteiger partial charge is 0.497 e. The van der Waals surface area contributed by atoms with Gasteiger partial charge in [0.05, 0.1) is 19.8 Å². The van der Waals surface area contributed by atoms with E-state index in [0.717, 1.165) is 19.5 Å². The van der Waals surface area contributed by atoms with Crippen LogP contribution in [0.3, 0.4) is 0 Å². The van der Waals surface area contributed by atoms with E-state index in [1.165, 1.54) is 5.69 Å². The summed E-state index contributed by atoms with van der Waals surface area (Å²) in [4.78, 5) is 14.9. The van der Waals surface area contributed by atoms with Crippen molar-refractivity contribution < 1.29 is 14.3 Å². The zero-order chi connectivity index (χ0) is 17.6. The normalized spacial score (nSPS) is 16.6. The molecule has 1 aliphatic rings. The molecule has 1 heterocycles. The zero-order valence-electron chi connectivity index (χ0n) is 14.7. The van der Waals surface area contributed by atoms with E-state index in [1.54, 1.807) is 32.4 Å². The molecular weight excluding hydrogens is 316 g/mol. The number of nitrogens with one attached hydrogen (secondary N) is 1. The first-order valence-corrected chi connectivity index (χ1v) is 8.51. The molecule has 5 nitrogen and oxygen atoms in total. The van der Waals surface area contributed by atoms with E-state index in [9.17, 15) is 4.79 Å². The molecule has 2 aromatic carbocycles. The van der Waals surface area contributed by atoms with Gasteiger partial charge >= 0.3 is 0 Å². The molecule has 1 fully saturated rings. The van der Waals surface area contributed by atoms with Gasteiger partial charge in [-0.1, -0.05) is 18.2 Å². The zero-order valence-corrected chi connectivity index (χ0v) is 14.7. The Balaban J connectivity index is 1.56. The van der Waals surface area contributed by atoms with Crippen molar-refractivity contribution in [3.8, 4) is 11.5 Å². The molecule has 25 heavy (non-hydrogen) atoms. The second kappa shape index (κ2) is 7.92. The van der Waals surface area contributed by atoms with E-state index in [1.807, 2.05) is 6.07 Å². The van der Waals surface area contributed by atoms with Crippen LogP contribution in [-0.4, -0.2) is 39.8 Å². The van der Waals surface area contributed by atoms with Crippen molar-refractivity contribution in [2.24, 2.45) is 5.92 Å². The van der Waals surface area contributed by atoms with Crippen molar-refractivity contribution in [3.63, 3.8) is 0 Å². The Morgan fingerprint density at radius 1 is 1.16 bits per heavy atom. The number of para-hydroxylation sites is 1. The van der Waals surface area contributed by atoms with E-state index in [-0.39, 0.29) is 5.91 Å². The van der Waals surface area contributed by atoms with Crippen LogP contribution in [0.2, 0.25) is 0 Å². The van der Waals surface area contributed by atoms with Crippen molar-refractivity contribution >= 4 is 11.6 Å². The summed E-state index contributed by atoms with van der Waals surface area (Å²) in [6.45, 7) is 2.65. The summed E-state index contributed by atoms with van der Waals surface area (Å²) in [6, 6.07) is 15.6. The molecule has 132 valence electrons. The number of methoxy groups -OCH3 is 2. The standard InChI is InChI=1S/C20H24N2O3/c1-24-17-8-9-18(19(12-17)25-2)20(23)21-13-15-10-11-22(14-15)16-6-4-3-5-7-16/h3-9,12,15H,10-11,13-14H2,1-2H3,(H,21,23)/t15-/m0/s1. The van der Waals surface area contributed by atoms with E-state index in [4.69, 9.17) is 9.47 Å². The predicted octanol–water partition coefficient (Wildman–Crippen LogP) is 2.96. The lowest BCUT2D eigenvalue weighted by Crippen LogP contribution is -2.31. The van der Waals surface area contributed by atoms with E-state index in [0.29, 0.717) is 29.5 Å².